The molecule has 0 amide bonds. The Morgan fingerprint density at radius 1 is 1.62 bits per heavy atom. The van der Waals surface area contributed by atoms with Gasteiger partial charge in [0.25, 0.3) is 0 Å². The number of methoxy groups -OCH3 is 1. The first kappa shape index (κ1) is 10.4. The normalized spacial score (nSPS) is 12.9. The van der Waals surface area contributed by atoms with E-state index in [4.69, 9.17) is 16.3 Å². The fraction of sp³-hybridized carbons (Fsp3) is 0.333. The van der Waals surface area contributed by atoms with Crippen LogP contribution < -0.4 is 0 Å². The van der Waals surface area contributed by atoms with Crippen LogP contribution in [0.15, 0.2) is 18.2 Å². The van der Waals surface area contributed by atoms with Crippen LogP contribution in [-0.4, -0.2) is 18.8 Å². The molecule has 0 fully saturated rings. The van der Waals surface area contributed by atoms with Crippen molar-refractivity contribution in [1.29, 1.82) is 0 Å². The highest BCUT2D eigenvalue weighted by atomic mass is 35.5. The first-order valence-corrected chi connectivity index (χ1v) is 4.15. The number of aliphatic hydroxyl groups excluding tert-OH is 1. The van der Waals surface area contributed by atoms with Crippen LogP contribution in [0.4, 0.5) is 4.39 Å². The van der Waals surface area contributed by atoms with Gasteiger partial charge in [-0.15, -0.1) is 0 Å². The van der Waals surface area contributed by atoms with Gasteiger partial charge in [-0.1, -0.05) is 23.7 Å². The number of halogens is 2. The van der Waals surface area contributed by atoms with E-state index in [0.717, 1.165) is 0 Å². The van der Waals surface area contributed by atoms with Crippen molar-refractivity contribution in [3.63, 3.8) is 0 Å². The van der Waals surface area contributed by atoms with E-state index in [2.05, 4.69) is 0 Å². The van der Waals surface area contributed by atoms with Crippen LogP contribution in [0.25, 0.3) is 0 Å². The molecule has 1 rings (SSSR count). The summed E-state index contributed by atoms with van der Waals surface area (Å²) in [7, 11) is 1.45. The molecule has 0 aliphatic heterocycles. The molecule has 13 heavy (non-hydrogen) atoms. The maximum absolute atomic E-state index is 12.9. The molecule has 0 aliphatic rings. The smallest absolute Gasteiger partial charge is 0.142 e. The molecule has 0 saturated heterocycles. The second kappa shape index (κ2) is 4.56. The van der Waals surface area contributed by atoms with Crippen LogP contribution in [0.2, 0.25) is 5.02 Å². The standard InChI is InChI=1S/C9H10ClFO2/c1-13-5-8(12)6-3-2-4-7(11)9(6)10/h2-4,8,12H,5H2,1H3. The minimum atomic E-state index is -0.881. The zero-order valence-corrected chi connectivity index (χ0v) is 7.88. The average Bonchev–Trinajstić information content (AvgIpc) is 2.10. The van der Waals surface area contributed by atoms with Crippen molar-refractivity contribution in [1.82, 2.24) is 0 Å². The van der Waals surface area contributed by atoms with Crippen LogP contribution in [0.3, 0.4) is 0 Å². The van der Waals surface area contributed by atoms with Crippen LogP contribution in [0, 0.1) is 5.82 Å². The fourth-order valence-electron chi connectivity index (χ4n) is 1.03. The summed E-state index contributed by atoms with van der Waals surface area (Å²) >= 11 is 5.63. The SMILES string of the molecule is COCC(O)c1cccc(F)c1Cl. The Kier molecular flexibility index (Phi) is 3.66. The van der Waals surface area contributed by atoms with Crippen LogP contribution in [0.5, 0.6) is 0 Å². The van der Waals surface area contributed by atoms with Crippen molar-refractivity contribution >= 4 is 11.6 Å². The lowest BCUT2D eigenvalue weighted by atomic mass is 10.1. The third kappa shape index (κ3) is 2.40. The summed E-state index contributed by atoms with van der Waals surface area (Å²) in [6, 6.07) is 4.30. The highest BCUT2D eigenvalue weighted by Gasteiger charge is 2.13. The van der Waals surface area contributed by atoms with Crippen LogP contribution in [-0.2, 0) is 4.74 Å². The van der Waals surface area contributed by atoms with Crippen molar-refractivity contribution < 1.29 is 14.2 Å². The highest BCUT2D eigenvalue weighted by Crippen LogP contribution is 2.25. The number of benzene rings is 1. The Labute approximate surface area is 80.9 Å². The Bertz CT molecular complexity index is 291. The lowest BCUT2D eigenvalue weighted by Gasteiger charge is -2.11. The first-order chi connectivity index (χ1) is 6.16. The number of hydrogen-bond acceptors (Lipinski definition) is 2. The molecule has 1 atom stereocenters. The quantitative estimate of drug-likeness (QED) is 0.818. The number of ether oxygens (including phenoxy) is 1. The summed E-state index contributed by atoms with van der Waals surface area (Å²) in [5.74, 6) is -0.533. The summed E-state index contributed by atoms with van der Waals surface area (Å²) in [5, 5.41) is 9.40. The van der Waals surface area contributed by atoms with Gasteiger partial charge >= 0.3 is 0 Å². The molecule has 0 heterocycles. The maximum Gasteiger partial charge on any atom is 0.142 e. The zero-order chi connectivity index (χ0) is 9.84. The van der Waals surface area contributed by atoms with Gasteiger partial charge in [-0.2, -0.15) is 0 Å². The van der Waals surface area contributed by atoms with E-state index in [0.29, 0.717) is 5.56 Å². The summed E-state index contributed by atoms with van der Waals surface area (Å²) in [6.07, 6.45) is -0.881. The van der Waals surface area contributed by atoms with E-state index < -0.39 is 11.9 Å². The van der Waals surface area contributed by atoms with E-state index in [1.807, 2.05) is 0 Å². The predicted molar refractivity (Wildman–Crippen MR) is 48.2 cm³/mol. The summed E-state index contributed by atoms with van der Waals surface area (Å²) < 4.78 is 17.6. The Morgan fingerprint density at radius 2 is 2.31 bits per heavy atom. The molecule has 0 radical (unpaired) electrons. The number of aliphatic hydroxyl groups is 1. The molecule has 72 valence electrons. The summed E-state index contributed by atoms with van der Waals surface area (Å²) in [5.41, 5.74) is 0.350. The van der Waals surface area contributed by atoms with Gasteiger partial charge in [0, 0.05) is 12.7 Å². The Hall–Kier alpha value is -0.640. The van der Waals surface area contributed by atoms with Crippen molar-refractivity contribution in [2.24, 2.45) is 0 Å². The predicted octanol–water partition coefficient (Wildman–Crippen LogP) is 2.16. The summed E-state index contributed by atoms with van der Waals surface area (Å²) in [4.78, 5) is 0. The third-order valence-electron chi connectivity index (χ3n) is 1.66. The molecule has 0 bridgehead atoms. The molecule has 0 aromatic heterocycles. The largest absolute Gasteiger partial charge is 0.386 e. The lowest BCUT2D eigenvalue weighted by Crippen LogP contribution is -2.06. The van der Waals surface area contributed by atoms with E-state index in [1.54, 1.807) is 6.07 Å². The monoisotopic (exact) mass is 204 g/mol. The summed E-state index contributed by atoms with van der Waals surface area (Å²) in [6.45, 7) is 0.100. The molecule has 0 saturated carbocycles. The third-order valence-corrected chi connectivity index (χ3v) is 2.06. The van der Waals surface area contributed by atoms with Crippen LogP contribution >= 0.6 is 11.6 Å². The molecule has 2 nitrogen and oxygen atoms in total. The second-order valence-electron chi connectivity index (χ2n) is 2.61. The molecule has 0 aliphatic carbocycles. The van der Waals surface area contributed by atoms with Gasteiger partial charge in [0.15, 0.2) is 0 Å². The molecular weight excluding hydrogens is 195 g/mol. The molecule has 1 N–H and O–H groups in total. The van der Waals surface area contributed by atoms with Gasteiger partial charge < -0.3 is 9.84 Å². The van der Waals surface area contributed by atoms with Gasteiger partial charge in [-0.25, -0.2) is 4.39 Å². The molecule has 1 unspecified atom stereocenters. The fourth-order valence-corrected chi connectivity index (χ4v) is 1.28. The molecule has 0 spiro atoms. The molecule has 1 aromatic carbocycles. The second-order valence-corrected chi connectivity index (χ2v) is 2.99. The van der Waals surface area contributed by atoms with E-state index in [9.17, 15) is 9.50 Å². The number of rotatable bonds is 3. The lowest BCUT2D eigenvalue weighted by molar-refractivity contribution is 0.0643. The van der Waals surface area contributed by atoms with Gasteiger partial charge in [-0.3, -0.25) is 0 Å². The number of hydrogen-bond donors (Lipinski definition) is 1. The van der Waals surface area contributed by atoms with Gasteiger partial charge in [0.1, 0.15) is 11.9 Å². The van der Waals surface area contributed by atoms with Gasteiger partial charge in [0.05, 0.1) is 11.6 Å². The Morgan fingerprint density at radius 3 is 2.92 bits per heavy atom. The molecule has 4 heteroatoms. The highest BCUT2D eigenvalue weighted by molar-refractivity contribution is 6.31. The van der Waals surface area contributed by atoms with Crippen molar-refractivity contribution in [2.45, 2.75) is 6.10 Å². The van der Waals surface area contributed by atoms with E-state index >= 15 is 0 Å². The Balaban J connectivity index is 2.93. The van der Waals surface area contributed by atoms with Gasteiger partial charge in [-0.05, 0) is 6.07 Å². The average molecular weight is 205 g/mol. The van der Waals surface area contributed by atoms with Gasteiger partial charge in [0.2, 0.25) is 0 Å². The molecular formula is C9H10ClFO2. The topological polar surface area (TPSA) is 29.5 Å². The molecule has 1 aromatic rings. The van der Waals surface area contributed by atoms with E-state index in [1.165, 1.54) is 19.2 Å². The first-order valence-electron chi connectivity index (χ1n) is 3.77. The maximum atomic E-state index is 12.9. The minimum absolute atomic E-state index is 0.0490. The van der Waals surface area contributed by atoms with Crippen molar-refractivity contribution in [3.8, 4) is 0 Å². The zero-order valence-electron chi connectivity index (χ0n) is 7.13. The van der Waals surface area contributed by atoms with Crippen molar-refractivity contribution in [2.75, 3.05) is 13.7 Å². The van der Waals surface area contributed by atoms with Crippen LogP contribution in [0.1, 0.15) is 11.7 Å². The van der Waals surface area contributed by atoms with Crippen molar-refractivity contribution in [3.05, 3.63) is 34.6 Å². The van der Waals surface area contributed by atoms with E-state index in [-0.39, 0.29) is 11.6 Å². The minimum Gasteiger partial charge on any atom is -0.386 e.